The summed E-state index contributed by atoms with van der Waals surface area (Å²) in [5.41, 5.74) is 0. The molecule has 0 spiro atoms. The highest BCUT2D eigenvalue weighted by Gasteiger charge is 2.42. The molecule has 0 heterocycles. The van der Waals surface area contributed by atoms with Gasteiger partial charge in [0, 0.05) is 0 Å². The molecule has 0 radical (unpaired) electrons. The largest absolute Gasteiger partial charge is 0.357 e. The molecule has 0 saturated heterocycles. The van der Waals surface area contributed by atoms with Crippen molar-refractivity contribution in [3.05, 3.63) is 0 Å². The molecule has 80 valence electrons. The standard InChI is InChI=1S/C8H26N2Si3/c1-11(2,3)10(12(4,5)6)13(7,8)9/h9H2,1-8H3. The normalized spacial score (nSPS) is 15.2. The summed E-state index contributed by atoms with van der Waals surface area (Å²) in [6, 6.07) is 0. The number of hydrogen-bond acceptors (Lipinski definition) is 2. The second-order valence-electron chi connectivity index (χ2n) is 6.33. The van der Waals surface area contributed by atoms with Gasteiger partial charge >= 0.3 is 0 Å². The Morgan fingerprint density at radius 2 is 0.923 bits per heavy atom. The van der Waals surface area contributed by atoms with E-state index in [9.17, 15) is 0 Å². The Hall–Kier alpha value is 0.571. The Morgan fingerprint density at radius 1 is 0.692 bits per heavy atom. The third-order valence-electron chi connectivity index (χ3n) is 1.92. The van der Waals surface area contributed by atoms with Crippen molar-refractivity contribution in [1.29, 1.82) is 0 Å². The summed E-state index contributed by atoms with van der Waals surface area (Å²) in [5.74, 6) is 0. The molecule has 0 bridgehead atoms. The SMILES string of the molecule is C[Si](C)(C)N([Si](C)(C)C)[Si](C)(C)N. The Kier molecular flexibility index (Phi) is 3.78. The zero-order valence-corrected chi connectivity index (χ0v) is 13.5. The lowest BCUT2D eigenvalue weighted by atomic mass is 11.8. The first kappa shape index (κ1) is 13.6. The minimum atomic E-state index is -1.60. The monoisotopic (exact) mass is 234 g/mol. The topological polar surface area (TPSA) is 29.3 Å². The van der Waals surface area contributed by atoms with Gasteiger partial charge in [-0.15, -0.1) is 0 Å². The summed E-state index contributed by atoms with van der Waals surface area (Å²) in [7, 11) is -4.05. The Bertz CT molecular complexity index is 140. The van der Waals surface area contributed by atoms with Gasteiger partial charge in [0.05, 0.1) is 0 Å². The van der Waals surface area contributed by atoms with Gasteiger partial charge in [-0.2, -0.15) is 0 Å². The Labute approximate surface area is 86.9 Å². The van der Waals surface area contributed by atoms with Crippen molar-refractivity contribution >= 4 is 24.9 Å². The van der Waals surface area contributed by atoms with E-state index in [0.717, 1.165) is 0 Å². The van der Waals surface area contributed by atoms with Crippen LogP contribution in [0.5, 0.6) is 0 Å². The smallest absolute Gasteiger partial charge is 0.181 e. The van der Waals surface area contributed by atoms with E-state index in [0.29, 0.717) is 0 Å². The van der Waals surface area contributed by atoms with Crippen LogP contribution in [0.3, 0.4) is 0 Å². The molecule has 2 N–H and O–H groups in total. The van der Waals surface area contributed by atoms with Gasteiger partial charge in [-0.1, -0.05) is 39.3 Å². The van der Waals surface area contributed by atoms with Crippen LogP contribution in [0.25, 0.3) is 0 Å². The zero-order chi connectivity index (χ0) is 11.1. The van der Waals surface area contributed by atoms with Gasteiger partial charge < -0.3 is 9.30 Å². The second kappa shape index (κ2) is 3.62. The molecular weight excluding hydrogens is 208 g/mol. The minimum Gasteiger partial charge on any atom is -0.357 e. The first-order valence-electron chi connectivity index (χ1n) is 4.96. The van der Waals surface area contributed by atoms with E-state index < -0.39 is 24.9 Å². The van der Waals surface area contributed by atoms with Crippen LogP contribution in [0, 0.1) is 0 Å². The summed E-state index contributed by atoms with van der Waals surface area (Å²) >= 11 is 0. The molecular formula is C8H26N2Si3. The summed E-state index contributed by atoms with van der Waals surface area (Å²) in [4.78, 5) is 0. The van der Waals surface area contributed by atoms with E-state index in [1.165, 1.54) is 0 Å². The molecule has 0 aliphatic rings. The molecule has 2 nitrogen and oxygen atoms in total. The predicted molar refractivity (Wildman–Crippen MR) is 70.2 cm³/mol. The van der Waals surface area contributed by atoms with E-state index in [1.807, 2.05) is 0 Å². The van der Waals surface area contributed by atoms with Crippen LogP contribution in [0.15, 0.2) is 0 Å². The van der Waals surface area contributed by atoms with E-state index in [1.54, 1.807) is 0 Å². The third-order valence-corrected chi connectivity index (χ3v) is 17.3. The molecule has 0 aromatic rings. The molecule has 0 aliphatic heterocycles. The van der Waals surface area contributed by atoms with Gasteiger partial charge in [-0.05, 0) is 13.1 Å². The van der Waals surface area contributed by atoms with Gasteiger partial charge in [0.1, 0.15) is 16.5 Å². The third kappa shape index (κ3) is 4.07. The molecule has 0 aliphatic carbocycles. The Morgan fingerprint density at radius 3 is 0.923 bits per heavy atom. The van der Waals surface area contributed by atoms with Gasteiger partial charge in [0.2, 0.25) is 0 Å². The lowest BCUT2D eigenvalue weighted by Crippen LogP contribution is -2.73. The molecule has 0 saturated carbocycles. The summed E-state index contributed by atoms with van der Waals surface area (Å²) in [5, 5.41) is 6.39. The fourth-order valence-corrected chi connectivity index (χ4v) is 24.6. The molecule has 13 heavy (non-hydrogen) atoms. The van der Waals surface area contributed by atoms with Crippen LogP contribution in [-0.4, -0.2) is 28.8 Å². The fourth-order valence-electron chi connectivity index (χ4n) is 2.74. The van der Waals surface area contributed by atoms with Crippen molar-refractivity contribution in [1.82, 2.24) is 3.90 Å². The van der Waals surface area contributed by atoms with Gasteiger partial charge in [-0.3, -0.25) is 0 Å². The summed E-state index contributed by atoms with van der Waals surface area (Å²) < 4.78 is 2.76. The van der Waals surface area contributed by atoms with Crippen molar-refractivity contribution in [2.45, 2.75) is 52.4 Å². The van der Waals surface area contributed by atoms with Crippen molar-refractivity contribution in [3.8, 4) is 0 Å². The van der Waals surface area contributed by atoms with Crippen LogP contribution in [0.4, 0.5) is 0 Å². The number of nitrogens with zero attached hydrogens (tertiary/aromatic N) is 1. The molecule has 0 amide bonds. The summed E-state index contributed by atoms with van der Waals surface area (Å²) in [6.45, 7) is 19.0. The average Bonchev–Trinajstić information content (AvgIpc) is 1.44. The Balaban J connectivity index is 5.02. The van der Waals surface area contributed by atoms with Gasteiger partial charge in [0.25, 0.3) is 0 Å². The maximum absolute atomic E-state index is 6.39. The number of nitrogens with two attached hydrogens (primary N) is 1. The highest BCUT2D eigenvalue weighted by molar-refractivity contribution is 7.03. The zero-order valence-electron chi connectivity index (χ0n) is 10.5. The lowest BCUT2D eigenvalue weighted by Gasteiger charge is -2.50. The van der Waals surface area contributed by atoms with Crippen LogP contribution in [0.2, 0.25) is 52.4 Å². The van der Waals surface area contributed by atoms with Crippen molar-refractivity contribution < 1.29 is 0 Å². The quantitative estimate of drug-likeness (QED) is 0.761. The van der Waals surface area contributed by atoms with Crippen LogP contribution in [-0.2, 0) is 0 Å². The number of rotatable bonds is 3. The first-order valence-corrected chi connectivity index (χ1v) is 14.9. The molecule has 0 atom stereocenters. The van der Waals surface area contributed by atoms with Crippen molar-refractivity contribution in [2.75, 3.05) is 0 Å². The lowest BCUT2D eigenvalue weighted by molar-refractivity contribution is 0.889. The van der Waals surface area contributed by atoms with Gasteiger partial charge in [0.15, 0.2) is 8.40 Å². The van der Waals surface area contributed by atoms with Crippen LogP contribution < -0.4 is 5.40 Å². The fraction of sp³-hybridized carbons (Fsp3) is 1.00. The minimum absolute atomic E-state index is 1.23. The van der Waals surface area contributed by atoms with Gasteiger partial charge in [-0.25, -0.2) is 0 Å². The highest BCUT2D eigenvalue weighted by Crippen LogP contribution is 2.24. The molecule has 0 aromatic heterocycles. The average molecular weight is 235 g/mol. The van der Waals surface area contributed by atoms with E-state index in [4.69, 9.17) is 5.40 Å². The summed E-state index contributed by atoms with van der Waals surface area (Å²) in [6.07, 6.45) is 0. The van der Waals surface area contributed by atoms with Crippen molar-refractivity contribution in [3.63, 3.8) is 0 Å². The maximum atomic E-state index is 6.39. The van der Waals surface area contributed by atoms with E-state index >= 15 is 0 Å². The maximum Gasteiger partial charge on any atom is 0.181 e. The van der Waals surface area contributed by atoms with E-state index in [-0.39, 0.29) is 0 Å². The predicted octanol–water partition coefficient (Wildman–Crippen LogP) is 2.62. The second-order valence-corrected chi connectivity index (χ2v) is 21.0. The molecule has 0 unspecified atom stereocenters. The molecule has 5 heteroatoms. The number of hydrogen-bond donors (Lipinski definition) is 1. The highest BCUT2D eigenvalue weighted by atomic mass is 28.5. The molecule has 0 fully saturated rings. The van der Waals surface area contributed by atoms with Crippen molar-refractivity contribution in [2.24, 2.45) is 5.40 Å². The van der Waals surface area contributed by atoms with Crippen LogP contribution in [0.1, 0.15) is 0 Å². The van der Waals surface area contributed by atoms with Crippen LogP contribution >= 0.6 is 0 Å². The molecule has 0 aromatic carbocycles. The molecule has 0 rings (SSSR count). The first-order chi connectivity index (χ1) is 5.37. The van der Waals surface area contributed by atoms with E-state index in [2.05, 4.69) is 56.3 Å².